The maximum absolute atomic E-state index is 10.8. The minimum Gasteiger partial charge on any atom is -0.384 e. The summed E-state index contributed by atoms with van der Waals surface area (Å²) in [6.45, 7) is 0.635. The van der Waals surface area contributed by atoms with E-state index in [1.807, 2.05) is 5.38 Å². The summed E-state index contributed by atoms with van der Waals surface area (Å²) in [6, 6.07) is 6.29. The number of rotatable bonds is 5. The summed E-state index contributed by atoms with van der Waals surface area (Å²) < 4.78 is 0. The fourth-order valence-electron chi connectivity index (χ4n) is 1.58. The van der Waals surface area contributed by atoms with Gasteiger partial charge in [-0.2, -0.15) is 5.26 Å². The van der Waals surface area contributed by atoms with E-state index < -0.39 is 4.92 Å². The second-order valence-corrected chi connectivity index (χ2v) is 4.68. The van der Waals surface area contributed by atoms with Gasteiger partial charge < -0.3 is 5.32 Å². The van der Waals surface area contributed by atoms with Crippen LogP contribution in [0.4, 0.5) is 11.4 Å². The van der Waals surface area contributed by atoms with Crippen LogP contribution in [0, 0.1) is 21.4 Å². The number of thiazole rings is 1. The Kier molecular flexibility index (Phi) is 4.05. The molecule has 2 rings (SSSR count). The summed E-state index contributed by atoms with van der Waals surface area (Å²) in [4.78, 5) is 14.4. The number of benzene rings is 1. The third-order valence-corrected chi connectivity index (χ3v) is 3.31. The first kappa shape index (κ1) is 13.0. The lowest BCUT2D eigenvalue weighted by Gasteiger charge is -2.05. The molecule has 0 spiro atoms. The lowest BCUT2D eigenvalue weighted by Crippen LogP contribution is -2.05. The molecule has 0 aliphatic heterocycles. The van der Waals surface area contributed by atoms with Gasteiger partial charge in [0, 0.05) is 36.3 Å². The van der Waals surface area contributed by atoms with Crippen molar-refractivity contribution in [3.8, 4) is 6.07 Å². The second-order valence-electron chi connectivity index (χ2n) is 3.70. The lowest BCUT2D eigenvalue weighted by atomic mass is 10.2. The van der Waals surface area contributed by atoms with Gasteiger partial charge in [-0.25, -0.2) is 4.98 Å². The van der Waals surface area contributed by atoms with Crippen molar-refractivity contribution in [1.29, 1.82) is 5.26 Å². The molecule has 0 fully saturated rings. The zero-order valence-electron chi connectivity index (χ0n) is 9.87. The van der Waals surface area contributed by atoms with Gasteiger partial charge >= 0.3 is 0 Å². The Labute approximate surface area is 113 Å². The van der Waals surface area contributed by atoms with E-state index in [4.69, 9.17) is 5.26 Å². The second kappa shape index (κ2) is 5.93. The van der Waals surface area contributed by atoms with Crippen molar-refractivity contribution in [3.05, 3.63) is 50.5 Å². The Morgan fingerprint density at radius 2 is 2.37 bits per heavy atom. The Balaban J connectivity index is 2.03. The molecule has 2 aromatic rings. The molecule has 0 radical (unpaired) electrons. The highest BCUT2D eigenvalue weighted by Gasteiger charge is 2.13. The maximum atomic E-state index is 10.8. The highest BCUT2D eigenvalue weighted by Crippen LogP contribution is 2.22. The molecule has 0 bridgehead atoms. The van der Waals surface area contributed by atoms with Gasteiger partial charge in [-0.05, 0) is 12.1 Å². The molecule has 0 unspecified atom stereocenters. The number of nitriles is 1. The SMILES string of the molecule is N#Cc1ccc(NCCc2nccs2)cc1[N+](=O)[O-]. The summed E-state index contributed by atoms with van der Waals surface area (Å²) in [5.74, 6) is 0. The number of nitrogens with one attached hydrogen (secondary N) is 1. The van der Waals surface area contributed by atoms with Crippen LogP contribution in [-0.2, 0) is 6.42 Å². The van der Waals surface area contributed by atoms with Gasteiger partial charge in [0.25, 0.3) is 5.69 Å². The van der Waals surface area contributed by atoms with E-state index in [0.29, 0.717) is 12.2 Å². The van der Waals surface area contributed by atoms with Crippen LogP contribution in [-0.4, -0.2) is 16.5 Å². The van der Waals surface area contributed by atoms with Gasteiger partial charge in [-0.3, -0.25) is 10.1 Å². The molecule has 6 nitrogen and oxygen atoms in total. The standard InChI is InChI=1S/C12H10N4O2S/c13-8-9-1-2-10(7-11(9)16(17)18)14-4-3-12-15-5-6-19-12/h1-2,5-7,14H,3-4H2. The van der Waals surface area contributed by atoms with E-state index in [0.717, 1.165) is 11.4 Å². The third kappa shape index (κ3) is 3.26. The molecule has 1 N–H and O–H groups in total. The zero-order valence-corrected chi connectivity index (χ0v) is 10.7. The van der Waals surface area contributed by atoms with E-state index in [1.165, 1.54) is 12.1 Å². The number of aromatic nitrogens is 1. The van der Waals surface area contributed by atoms with Crippen LogP contribution in [0.25, 0.3) is 0 Å². The van der Waals surface area contributed by atoms with Crippen molar-refractivity contribution in [1.82, 2.24) is 4.98 Å². The van der Waals surface area contributed by atoms with Gasteiger partial charge in [-0.15, -0.1) is 11.3 Å². The lowest BCUT2D eigenvalue weighted by molar-refractivity contribution is -0.385. The Morgan fingerprint density at radius 3 is 3.00 bits per heavy atom. The van der Waals surface area contributed by atoms with Gasteiger partial charge in [0.2, 0.25) is 0 Å². The van der Waals surface area contributed by atoms with Gasteiger partial charge in [0.05, 0.1) is 9.93 Å². The summed E-state index contributed by atoms with van der Waals surface area (Å²) in [7, 11) is 0. The van der Waals surface area contributed by atoms with Gasteiger partial charge in [0.1, 0.15) is 11.6 Å². The van der Waals surface area contributed by atoms with Crippen LogP contribution in [0.5, 0.6) is 0 Å². The first-order valence-corrected chi connectivity index (χ1v) is 6.39. The molecule has 0 saturated carbocycles. The third-order valence-electron chi connectivity index (χ3n) is 2.47. The Hall–Kier alpha value is -2.46. The van der Waals surface area contributed by atoms with Crippen LogP contribution < -0.4 is 5.32 Å². The van der Waals surface area contributed by atoms with Gasteiger partial charge in [-0.1, -0.05) is 0 Å². The Morgan fingerprint density at radius 1 is 1.53 bits per heavy atom. The molecule has 1 aromatic carbocycles. The topological polar surface area (TPSA) is 91.8 Å². The number of hydrogen-bond donors (Lipinski definition) is 1. The van der Waals surface area contributed by atoms with Crippen molar-refractivity contribution in [2.45, 2.75) is 6.42 Å². The molecule has 7 heteroatoms. The predicted octanol–water partition coefficient (Wildman–Crippen LogP) is 2.58. The van der Waals surface area contributed by atoms with Crippen molar-refractivity contribution < 1.29 is 4.92 Å². The van der Waals surface area contributed by atoms with Crippen LogP contribution in [0.15, 0.2) is 29.8 Å². The van der Waals surface area contributed by atoms with Gasteiger partial charge in [0.15, 0.2) is 0 Å². The average Bonchev–Trinajstić information content (AvgIpc) is 2.91. The van der Waals surface area contributed by atoms with Crippen LogP contribution in [0.2, 0.25) is 0 Å². The summed E-state index contributed by atoms with van der Waals surface area (Å²) in [6.07, 6.45) is 2.50. The molecule has 0 aliphatic rings. The molecule has 0 aliphatic carbocycles. The van der Waals surface area contributed by atoms with E-state index in [1.54, 1.807) is 29.7 Å². The molecule has 1 heterocycles. The zero-order chi connectivity index (χ0) is 13.7. The monoisotopic (exact) mass is 274 g/mol. The first-order valence-electron chi connectivity index (χ1n) is 5.51. The van der Waals surface area contributed by atoms with E-state index >= 15 is 0 Å². The minimum atomic E-state index is -0.551. The van der Waals surface area contributed by atoms with E-state index in [2.05, 4.69) is 10.3 Å². The quantitative estimate of drug-likeness (QED) is 0.668. The average molecular weight is 274 g/mol. The van der Waals surface area contributed by atoms with Crippen molar-refractivity contribution >= 4 is 22.7 Å². The summed E-state index contributed by atoms with van der Waals surface area (Å²) in [5.41, 5.74) is 0.513. The fraction of sp³-hybridized carbons (Fsp3) is 0.167. The highest BCUT2D eigenvalue weighted by molar-refractivity contribution is 7.09. The molecule has 1 aromatic heterocycles. The predicted molar refractivity (Wildman–Crippen MR) is 72.1 cm³/mol. The maximum Gasteiger partial charge on any atom is 0.289 e. The number of nitro groups is 1. The number of nitro benzene ring substituents is 1. The van der Waals surface area contributed by atoms with Crippen LogP contribution in [0.3, 0.4) is 0 Å². The Bertz CT molecular complexity index is 619. The fourth-order valence-corrected chi connectivity index (χ4v) is 2.20. The molecule has 0 saturated heterocycles. The normalized spacial score (nSPS) is 9.84. The largest absolute Gasteiger partial charge is 0.384 e. The van der Waals surface area contributed by atoms with Crippen LogP contribution >= 0.6 is 11.3 Å². The minimum absolute atomic E-state index is 0.0653. The molecule has 96 valence electrons. The summed E-state index contributed by atoms with van der Waals surface area (Å²) >= 11 is 1.57. The summed E-state index contributed by atoms with van der Waals surface area (Å²) in [5, 5.41) is 25.6. The highest BCUT2D eigenvalue weighted by atomic mass is 32.1. The van der Waals surface area contributed by atoms with Crippen molar-refractivity contribution in [2.24, 2.45) is 0 Å². The number of anilines is 1. The molecular formula is C12H10N4O2S. The van der Waals surface area contributed by atoms with Crippen molar-refractivity contribution in [2.75, 3.05) is 11.9 Å². The molecule has 0 amide bonds. The first-order chi connectivity index (χ1) is 9.20. The number of hydrogen-bond acceptors (Lipinski definition) is 6. The van der Waals surface area contributed by atoms with Crippen LogP contribution in [0.1, 0.15) is 10.6 Å². The van der Waals surface area contributed by atoms with Crippen molar-refractivity contribution in [3.63, 3.8) is 0 Å². The smallest absolute Gasteiger partial charge is 0.289 e. The number of nitrogens with zero attached hydrogens (tertiary/aromatic N) is 3. The van der Waals surface area contributed by atoms with E-state index in [9.17, 15) is 10.1 Å². The molecule has 19 heavy (non-hydrogen) atoms. The molecule has 0 atom stereocenters. The molecular weight excluding hydrogens is 264 g/mol. The van der Waals surface area contributed by atoms with E-state index in [-0.39, 0.29) is 11.3 Å².